The number of anilines is 1. The zero-order chi connectivity index (χ0) is 14.8. The van der Waals surface area contributed by atoms with Crippen LogP contribution in [0.5, 0.6) is 0 Å². The van der Waals surface area contributed by atoms with E-state index in [1.807, 2.05) is 43.3 Å². The van der Waals surface area contributed by atoms with E-state index in [1.165, 1.54) is 6.07 Å². The summed E-state index contributed by atoms with van der Waals surface area (Å²) in [6, 6.07) is 19.0. The van der Waals surface area contributed by atoms with Crippen LogP contribution in [0.3, 0.4) is 0 Å². The number of hydrogen-bond acceptors (Lipinski definition) is 1. The predicted octanol–water partition coefficient (Wildman–Crippen LogP) is 5.91. The van der Waals surface area contributed by atoms with Gasteiger partial charge in [-0.25, -0.2) is 4.39 Å². The largest absolute Gasteiger partial charge is 0.378 e. The summed E-state index contributed by atoms with van der Waals surface area (Å²) >= 11 is 3.57. The van der Waals surface area contributed by atoms with Gasteiger partial charge >= 0.3 is 0 Å². The standard InChI is InChI=1S/C18H15BrFN/c1-12(13-6-4-5-9-17(13)20)21-18-11-10-16(19)14-7-2-3-8-15(14)18/h2-12,21H,1H3. The Morgan fingerprint density at radius 3 is 2.33 bits per heavy atom. The number of hydrogen-bond donors (Lipinski definition) is 1. The fourth-order valence-electron chi connectivity index (χ4n) is 2.53. The van der Waals surface area contributed by atoms with Crippen LogP contribution < -0.4 is 5.32 Å². The lowest BCUT2D eigenvalue weighted by Crippen LogP contribution is -2.08. The molecule has 1 atom stereocenters. The summed E-state index contributed by atoms with van der Waals surface area (Å²) in [4.78, 5) is 0. The van der Waals surface area contributed by atoms with Crippen LogP contribution in [0.4, 0.5) is 10.1 Å². The summed E-state index contributed by atoms with van der Waals surface area (Å²) in [5.74, 6) is -0.182. The van der Waals surface area contributed by atoms with Gasteiger partial charge in [0, 0.05) is 21.1 Å². The Labute approximate surface area is 131 Å². The minimum absolute atomic E-state index is 0.101. The van der Waals surface area contributed by atoms with Crippen LogP contribution in [-0.4, -0.2) is 0 Å². The molecular formula is C18H15BrFN. The zero-order valence-electron chi connectivity index (χ0n) is 11.6. The van der Waals surface area contributed by atoms with Gasteiger partial charge in [-0.05, 0) is 30.5 Å². The molecule has 0 aliphatic carbocycles. The third kappa shape index (κ3) is 2.79. The highest BCUT2D eigenvalue weighted by Crippen LogP contribution is 2.32. The van der Waals surface area contributed by atoms with Crippen LogP contribution >= 0.6 is 15.9 Å². The van der Waals surface area contributed by atoms with Crippen molar-refractivity contribution in [2.24, 2.45) is 0 Å². The molecule has 106 valence electrons. The lowest BCUT2D eigenvalue weighted by molar-refractivity contribution is 0.600. The molecular weight excluding hydrogens is 329 g/mol. The van der Waals surface area contributed by atoms with Crippen molar-refractivity contribution in [2.75, 3.05) is 5.32 Å². The number of halogens is 2. The van der Waals surface area contributed by atoms with Crippen molar-refractivity contribution < 1.29 is 4.39 Å². The zero-order valence-corrected chi connectivity index (χ0v) is 13.2. The van der Waals surface area contributed by atoms with E-state index in [4.69, 9.17) is 0 Å². The van der Waals surface area contributed by atoms with Crippen LogP contribution in [0, 0.1) is 5.82 Å². The van der Waals surface area contributed by atoms with Crippen molar-refractivity contribution in [3.05, 3.63) is 76.5 Å². The highest BCUT2D eigenvalue weighted by molar-refractivity contribution is 9.10. The first-order valence-corrected chi connectivity index (χ1v) is 7.64. The van der Waals surface area contributed by atoms with Crippen LogP contribution in [0.2, 0.25) is 0 Å². The van der Waals surface area contributed by atoms with Crippen molar-refractivity contribution in [3.63, 3.8) is 0 Å². The molecule has 3 aromatic carbocycles. The van der Waals surface area contributed by atoms with Crippen molar-refractivity contribution in [2.45, 2.75) is 13.0 Å². The quantitative estimate of drug-likeness (QED) is 0.622. The molecule has 0 saturated carbocycles. The summed E-state index contributed by atoms with van der Waals surface area (Å²) in [6.07, 6.45) is 0. The van der Waals surface area contributed by atoms with E-state index in [-0.39, 0.29) is 11.9 Å². The van der Waals surface area contributed by atoms with E-state index in [0.717, 1.165) is 20.9 Å². The van der Waals surface area contributed by atoms with E-state index in [2.05, 4.69) is 33.4 Å². The fraction of sp³-hybridized carbons (Fsp3) is 0.111. The molecule has 0 saturated heterocycles. The predicted molar refractivity (Wildman–Crippen MR) is 90.1 cm³/mol. The average molecular weight is 344 g/mol. The van der Waals surface area contributed by atoms with Gasteiger partial charge in [0.15, 0.2) is 0 Å². The smallest absolute Gasteiger partial charge is 0.128 e. The molecule has 0 bridgehead atoms. The fourth-order valence-corrected chi connectivity index (χ4v) is 3.00. The Balaban J connectivity index is 1.99. The first-order valence-electron chi connectivity index (χ1n) is 6.85. The van der Waals surface area contributed by atoms with Gasteiger partial charge in [-0.3, -0.25) is 0 Å². The highest BCUT2D eigenvalue weighted by atomic mass is 79.9. The Morgan fingerprint density at radius 1 is 0.905 bits per heavy atom. The molecule has 0 aromatic heterocycles. The van der Waals surface area contributed by atoms with Crippen molar-refractivity contribution in [3.8, 4) is 0 Å². The molecule has 0 spiro atoms. The summed E-state index contributed by atoms with van der Waals surface area (Å²) in [6.45, 7) is 1.97. The number of fused-ring (bicyclic) bond motifs is 1. The molecule has 21 heavy (non-hydrogen) atoms. The molecule has 0 amide bonds. The third-order valence-electron chi connectivity index (χ3n) is 3.61. The molecule has 1 N–H and O–H groups in total. The van der Waals surface area contributed by atoms with E-state index in [9.17, 15) is 4.39 Å². The van der Waals surface area contributed by atoms with Crippen molar-refractivity contribution >= 4 is 32.4 Å². The van der Waals surface area contributed by atoms with Crippen molar-refractivity contribution in [1.82, 2.24) is 0 Å². The molecule has 0 radical (unpaired) electrons. The first kappa shape index (κ1) is 14.1. The van der Waals surface area contributed by atoms with Crippen LogP contribution in [0.1, 0.15) is 18.5 Å². The maximum atomic E-state index is 13.9. The number of rotatable bonds is 3. The van der Waals surface area contributed by atoms with Crippen LogP contribution in [0.25, 0.3) is 10.8 Å². The Kier molecular flexibility index (Phi) is 3.93. The minimum atomic E-state index is -0.182. The summed E-state index contributed by atoms with van der Waals surface area (Å²) in [5.41, 5.74) is 1.68. The highest BCUT2D eigenvalue weighted by Gasteiger charge is 2.12. The normalized spacial score (nSPS) is 12.3. The Bertz CT molecular complexity index is 785. The number of benzene rings is 3. The molecule has 0 aliphatic heterocycles. The maximum Gasteiger partial charge on any atom is 0.128 e. The second kappa shape index (κ2) is 5.86. The minimum Gasteiger partial charge on any atom is -0.378 e. The molecule has 3 heteroatoms. The maximum absolute atomic E-state index is 13.9. The molecule has 1 nitrogen and oxygen atoms in total. The lowest BCUT2D eigenvalue weighted by Gasteiger charge is -2.18. The van der Waals surface area contributed by atoms with E-state index >= 15 is 0 Å². The lowest BCUT2D eigenvalue weighted by atomic mass is 10.1. The second-order valence-corrected chi connectivity index (χ2v) is 5.88. The van der Waals surface area contributed by atoms with E-state index in [1.54, 1.807) is 6.07 Å². The van der Waals surface area contributed by atoms with Crippen LogP contribution in [-0.2, 0) is 0 Å². The van der Waals surface area contributed by atoms with Gasteiger partial charge in [0.05, 0.1) is 6.04 Å². The first-order chi connectivity index (χ1) is 10.2. The molecule has 1 unspecified atom stereocenters. The molecule has 0 aliphatic rings. The van der Waals surface area contributed by atoms with Crippen molar-refractivity contribution in [1.29, 1.82) is 0 Å². The molecule has 3 aromatic rings. The average Bonchev–Trinajstić information content (AvgIpc) is 2.51. The SMILES string of the molecule is CC(Nc1ccc(Br)c2ccccc12)c1ccccc1F. The Morgan fingerprint density at radius 2 is 1.57 bits per heavy atom. The Hall–Kier alpha value is -1.87. The molecule has 0 fully saturated rings. The summed E-state index contributed by atoms with van der Waals surface area (Å²) in [7, 11) is 0. The van der Waals surface area contributed by atoms with Gasteiger partial charge in [-0.15, -0.1) is 0 Å². The van der Waals surface area contributed by atoms with Gasteiger partial charge in [-0.2, -0.15) is 0 Å². The third-order valence-corrected chi connectivity index (χ3v) is 4.31. The van der Waals surface area contributed by atoms with Gasteiger partial charge in [-0.1, -0.05) is 58.4 Å². The topological polar surface area (TPSA) is 12.0 Å². The monoisotopic (exact) mass is 343 g/mol. The molecule has 0 heterocycles. The van der Waals surface area contributed by atoms with E-state index in [0.29, 0.717) is 5.56 Å². The number of nitrogens with one attached hydrogen (secondary N) is 1. The summed E-state index contributed by atoms with van der Waals surface area (Å²) < 4.78 is 14.9. The second-order valence-electron chi connectivity index (χ2n) is 5.03. The van der Waals surface area contributed by atoms with Crippen LogP contribution in [0.15, 0.2) is 65.1 Å². The van der Waals surface area contributed by atoms with Gasteiger partial charge < -0.3 is 5.32 Å². The summed E-state index contributed by atoms with van der Waals surface area (Å²) in [5, 5.41) is 5.67. The van der Waals surface area contributed by atoms with Gasteiger partial charge in [0.25, 0.3) is 0 Å². The van der Waals surface area contributed by atoms with Gasteiger partial charge in [0.2, 0.25) is 0 Å². The van der Waals surface area contributed by atoms with E-state index < -0.39 is 0 Å². The molecule has 3 rings (SSSR count). The van der Waals surface area contributed by atoms with Gasteiger partial charge in [0.1, 0.15) is 5.82 Å².